The molecule has 1 unspecified atom stereocenters. The summed E-state index contributed by atoms with van der Waals surface area (Å²) in [5.74, 6) is 0.791. The summed E-state index contributed by atoms with van der Waals surface area (Å²) in [4.78, 5) is 11.2. The number of ether oxygens (including phenoxy) is 1. The molecule has 0 bridgehead atoms. The van der Waals surface area contributed by atoms with E-state index in [1.165, 1.54) is 6.92 Å². The predicted molar refractivity (Wildman–Crippen MR) is 61.8 cm³/mol. The highest BCUT2D eigenvalue weighted by Crippen LogP contribution is 2.18. The second-order valence-electron chi connectivity index (χ2n) is 3.20. The molecule has 1 atom stereocenters. The number of carbonyl (C=O) groups is 1. The molecule has 82 valence electrons. The first-order chi connectivity index (χ1) is 7.15. The maximum absolute atomic E-state index is 11.2. The number of thiol groups is 1. The number of aliphatic hydroxyl groups is 1. The van der Waals surface area contributed by atoms with Gasteiger partial charge in [0, 0.05) is 5.75 Å². The molecule has 0 aliphatic rings. The molecule has 4 heteroatoms. The summed E-state index contributed by atoms with van der Waals surface area (Å²) >= 11 is 3.93. The molecule has 15 heavy (non-hydrogen) atoms. The summed E-state index contributed by atoms with van der Waals surface area (Å²) in [6.07, 6.45) is -0.617. The molecule has 1 N–H and O–H groups in total. The SMILES string of the molecule is CC(=O)c1ccccc1OCC(O)CS. The minimum atomic E-state index is -0.617. The van der Waals surface area contributed by atoms with E-state index in [-0.39, 0.29) is 12.4 Å². The van der Waals surface area contributed by atoms with E-state index in [1.54, 1.807) is 24.3 Å². The van der Waals surface area contributed by atoms with Gasteiger partial charge in [0.15, 0.2) is 5.78 Å². The number of rotatable bonds is 5. The van der Waals surface area contributed by atoms with Gasteiger partial charge in [-0.2, -0.15) is 12.6 Å². The zero-order chi connectivity index (χ0) is 11.3. The van der Waals surface area contributed by atoms with E-state index in [0.29, 0.717) is 17.1 Å². The second-order valence-corrected chi connectivity index (χ2v) is 3.56. The summed E-state index contributed by atoms with van der Waals surface area (Å²) < 4.78 is 5.33. The lowest BCUT2D eigenvalue weighted by Gasteiger charge is -2.12. The molecule has 3 nitrogen and oxygen atoms in total. The molecule has 0 aliphatic carbocycles. The van der Waals surface area contributed by atoms with Crippen molar-refractivity contribution in [2.45, 2.75) is 13.0 Å². The van der Waals surface area contributed by atoms with E-state index >= 15 is 0 Å². The van der Waals surface area contributed by atoms with Gasteiger partial charge in [-0.15, -0.1) is 0 Å². The number of Topliss-reactive ketones (excluding diaryl/α,β-unsaturated/α-hetero) is 1. The van der Waals surface area contributed by atoms with Crippen LogP contribution in [0.1, 0.15) is 17.3 Å². The Kier molecular flexibility index (Phi) is 4.65. The third-order valence-electron chi connectivity index (χ3n) is 1.91. The summed E-state index contributed by atoms with van der Waals surface area (Å²) in [5.41, 5.74) is 0.531. The van der Waals surface area contributed by atoms with E-state index in [4.69, 9.17) is 4.74 Å². The van der Waals surface area contributed by atoms with Crippen molar-refractivity contribution in [3.63, 3.8) is 0 Å². The van der Waals surface area contributed by atoms with E-state index in [1.807, 2.05) is 0 Å². The molecule has 1 aromatic rings. The smallest absolute Gasteiger partial charge is 0.163 e. The summed E-state index contributed by atoms with van der Waals surface area (Å²) in [6, 6.07) is 6.97. The van der Waals surface area contributed by atoms with Gasteiger partial charge in [-0.3, -0.25) is 4.79 Å². The minimum absolute atomic E-state index is 0.0500. The topological polar surface area (TPSA) is 46.5 Å². The number of para-hydroxylation sites is 1. The minimum Gasteiger partial charge on any atom is -0.490 e. The van der Waals surface area contributed by atoms with E-state index in [9.17, 15) is 9.90 Å². The average Bonchev–Trinajstić information content (AvgIpc) is 2.26. The molecular formula is C11H14O3S. The van der Waals surface area contributed by atoms with Gasteiger partial charge >= 0.3 is 0 Å². The van der Waals surface area contributed by atoms with Gasteiger partial charge < -0.3 is 9.84 Å². The second kappa shape index (κ2) is 5.78. The van der Waals surface area contributed by atoms with Crippen molar-refractivity contribution in [1.29, 1.82) is 0 Å². The molecule has 0 aliphatic heterocycles. The molecular weight excluding hydrogens is 212 g/mol. The number of hydrogen-bond donors (Lipinski definition) is 2. The van der Waals surface area contributed by atoms with E-state index in [0.717, 1.165) is 0 Å². The third kappa shape index (κ3) is 3.57. The fraction of sp³-hybridized carbons (Fsp3) is 0.364. The average molecular weight is 226 g/mol. The fourth-order valence-corrected chi connectivity index (χ4v) is 1.23. The number of benzene rings is 1. The van der Waals surface area contributed by atoms with Gasteiger partial charge in [0.25, 0.3) is 0 Å². The first-order valence-corrected chi connectivity index (χ1v) is 5.30. The van der Waals surface area contributed by atoms with Crippen LogP contribution in [0.25, 0.3) is 0 Å². The Morgan fingerprint density at radius 1 is 1.53 bits per heavy atom. The van der Waals surface area contributed by atoms with Crippen LogP contribution in [0.15, 0.2) is 24.3 Å². The molecule has 0 aromatic heterocycles. The molecule has 0 saturated carbocycles. The fourth-order valence-electron chi connectivity index (χ4n) is 1.12. The number of ketones is 1. The van der Waals surface area contributed by atoms with E-state index in [2.05, 4.69) is 12.6 Å². The van der Waals surface area contributed by atoms with Crippen LogP contribution in [0.3, 0.4) is 0 Å². The normalized spacial score (nSPS) is 12.2. The van der Waals surface area contributed by atoms with Crippen molar-refractivity contribution in [3.05, 3.63) is 29.8 Å². The quantitative estimate of drug-likeness (QED) is 0.591. The monoisotopic (exact) mass is 226 g/mol. The first kappa shape index (κ1) is 12.1. The van der Waals surface area contributed by atoms with Crippen LogP contribution in [0.5, 0.6) is 5.75 Å². The molecule has 0 heterocycles. The molecule has 0 amide bonds. The predicted octanol–water partition coefficient (Wildman–Crippen LogP) is 1.56. The van der Waals surface area contributed by atoms with Crippen LogP contribution in [0.4, 0.5) is 0 Å². The van der Waals surface area contributed by atoms with Crippen molar-refractivity contribution < 1.29 is 14.6 Å². The lowest BCUT2D eigenvalue weighted by molar-refractivity contribution is 0.0997. The Morgan fingerprint density at radius 2 is 2.20 bits per heavy atom. The maximum Gasteiger partial charge on any atom is 0.163 e. The Balaban J connectivity index is 2.72. The molecule has 1 rings (SSSR count). The largest absolute Gasteiger partial charge is 0.490 e. The molecule has 0 radical (unpaired) electrons. The lowest BCUT2D eigenvalue weighted by atomic mass is 10.1. The van der Waals surface area contributed by atoms with Gasteiger partial charge in [-0.1, -0.05) is 12.1 Å². The van der Waals surface area contributed by atoms with Crippen LogP contribution in [0, 0.1) is 0 Å². The van der Waals surface area contributed by atoms with Gasteiger partial charge in [0.1, 0.15) is 12.4 Å². The number of hydrogen-bond acceptors (Lipinski definition) is 4. The highest BCUT2D eigenvalue weighted by molar-refractivity contribution is 7.80. The zero-order valence-corrected chi connectivity index (χ0v) is 9.41. The van der Waals surface area contributed by atoms with Crippen LogP contribution in [-0.4, -0.2) is 29.4 Å². The van der Waals surface area contributed by atoms with Gasteiger partial charge in [-0.25, -0.2) is 0 Å². The summed E-state index contributed by atoms with van der Waals surface area (Å²) in [6.45, 7) is 1.63. The molecule has 0 spiro atoms. The Morgan fingerprint density at radius 3 is 2.80 bits per heavy atom. The van der Waals surface area contributed by atoms with Gasteiger partial charge in [0.05, 0.1) is 11.7 Å². The molecule has 0 saturated heterocycles. The molecule has 0 fully saturated rings. The summed E-state index contributed by atoms with van der Waals surface area (Å²) in [5, 5.41) is 9.26. The van der Waals surface area contributed by atoms with Crippen molar-refractivity contribution in [3.8, 4) is 5.75 Å². The van der Waals surface area contributed by atoms with Crippen LogP contribution in [0.2, 0.25) is 0 Å². The summed E-state index contributed by atoms with van der Waals surface area (Å²) in [7, 11) is 0. The van der Waals surface area contributed by atoms with Gasteiger partial charge in [0.2, 0.25) is 0 Å². The first-order valence-electron chi connectivity index (χ1n) is 4.67. The highest BCUT2D eigenvalue weighted by atomic mass is 32.1. The van der Waals surface area contributed by atoms with Crippen molar-refractivity contribution in [2.24, 2.45) is 0 Å². The standard InChI is InChI=1S/C11H14O3S/c1-8(12)10-4-2-3-5-11(10)14-6-9(13)7-15/h2-5,9,13,15H,6-7H2,1H3. The number of carbonyl (C=O) groups excluding carboxylic acids is 1. The Bertz CT molecular complexity index is 338. The van der Waals surface area contributed by atoms with Gasteiger partial charge in [-0.05, 0) is 19.1 Å². The Hall–Kier alpha value is -1.00. The van der Waals surface area contributed by atoms with Crippen molar-refractivity contribution in [1.82, 2.24) is 0 Å². The maximum atomic E-state index is 11.2. The van der Waals surface area contributed by atoms with Crippen LogP contribution in [-0.2, 0) is 0 Å². The van der Waals surface area contributed by atoms with Crippen LogP contribution < -0.4 is 4.74 Å². The third-order valence-corrected chi connectivity index (χ3v) is 2.33. The molecule has 1 aromatic carbocycles. The Labute approximate surface area is 94.5 Å². The zero-order valence-electron chi connectivity index (χ0n) is 8.51. The van der Waals surface area contributed by atoms with Crippen molar-refractivity contribution in [2.75, 3.05) is 12.4 Å². The van der Waals surface area contributed by atoms with Crippen molar-refractivity contribution >= 4 is 18.4 Å². The van der Waals surface area contributed by atoms with Crippen LogP contribution >= 0.6 is 12.6 Å². The number of aliphatic hydroxyl groups excluding tert-OH is 1. The van der Waals surface area contributed by atoms with E-state index < -0.39 is 6.10 Å². The lowest BCUT2D eigenvalue weighted by Crippen LogP contribution is -2.19. The highest BCUT2D eigenvalue weighted by Gasteiger charge is 2.09.